The standard InChI is InChI=1S/C21H32N6O/c1-20(2)10-17(11-21(3,4)28-20)24-16-7-9-27(14-16)19-22-8-6-18(25-19)15-12-23-26(5)13-15/h6,8,12-13,16-17,24H,7,9-11,14H2,1-5H3. The van der Waals surface area contributed by atoms with Crippen molar-refractivity contribution in [2.24, 2.45) is 7.05 Å². The van der Waals surface area contributed by atoms with Crippen LogP contribution in [0.5, 0.6) is 0 Å². The van der Waals surface area contributed by atoms with Crippen molar-refractivity contribution in [3.63, 3.8) is 0 Å². The molecule has 0 saturated carbocycles. The van der Waals surface area contributed by atoms with Crippen LogP contribution in [0.3, 0.4) is 0 Å². The Hall–Kier alpha value is -1.99. The van der Waals surface area contributed by atoms with Gasteiger partial charge in [0.2, 0.25) is 5.95 Å². The molecule has 7 heteroatoms. The summed E-state index contributed by atoms with van der Waals surface area (Å²) in [7, 11) is 1.92. The second-order valence-electron chi connectivity index (χ2n) is 9.47. The summed E-state index contributed by atoms with van der Waals surface area (Å²) in [6, 6.07) is 2.88. The van der Waals surface area contributed by atoms with Gasteiger partial charge in [0, 0.05) is 50.2 Å². The second-order valence-corrected chi connectivity index (χ2v) is 9.47. The molecule has 1 atom stereocenters. The van der Waals surface area contributed by atoms with Crippen molar-refractivity contribution in [1.82, 2.24) is 25.1 Å². The first-order chi connectivity index (χ1) is 13.2. The molecule has 0 aromatic carbocycles. The zero-order valence-corrected chi connectivity index (χ0v) is 17.6. The Kier molecular flexibility index (Phi) is 4.91. The molecular weight excluding hydrogens is 352 g/mol. The molecule has 2 saturated heterocycles. The van der Waals surface area contributed by atoms with E-state index in [1.165, 1.54) is 0 Å². The highest BCUT2D eigenvalue weighted by Gasteiger charge is 2.40. The highest BCUT2D eigenvalue weighted by Crippen LogP contribution is 2.35. The highest BCUT2D eigenvalue weighted by molar-refractivity contribution is 5.58. The minimum atomic E-state index is -0.0845. The van der Waals surface area contributed by atoms with Crippen LogP contribution in [0, 0.1) is 0 Å². The van der Waals surface area contributed by atoms with Gasteiger partial charge in [-0.15, -0.1) is 0 Å². The zero-order chi connectivity index (χ0) is 19.9. The number of rotatable bonds is 4. The molecule has 1 N–H and O–H groups in total. The fraction of sp³-hybridized carbons (Fsp3) is 0.667. The lowest BCUT2D eigenvalue weighted by molar-refractivity contribution is -0.164. The molecule has 7 nitrogen and oxygen atoms in total. The number of nitrogens with zero attached hydrogens (tertiary/aromatic N) is 5. The fourth-order valence-corrected chi connectivity index (χ4v) is 4.83. The van der Waals surface area contributed by atoms with Crippen LogP contribution >= 0.6 is 0 Å². The largest absolute Gasteiger partial charge is 0.370 e. The van der Waals surface area contributed by atoms with Gasteiger partial charge in [-0.3, -0.25) is 4.68 Å². The molecule has 4 heterocycles. The second kappa shape index (κ2) is 7.12. The van der Waals surface area contributed by atoms with Crippen LogP contribution in [0.4, 0.5) is 5.95 Å². The van der Waals surface area contributed by atoms with E-state index in [0.29, 0.717) is 12.1 Å². The summed E-state index contributed by atoms with van der Waals surface area (Å²) in [5.74, 6) is 0.804. The Morgan fingerprint density at radius 1 is 1.14 bits per heavy atom. The summed E-state index contributed by atoms with van der Waals surface area (Å²) >= 11 is 0. The van der Waals surface area contributed by atoms with E-state index in [4.69, 9.17) is 9.72 Å². The molecule has 2 fully saturated rings. The van der Waals surface area contributed by atoms with Gasteiger partial charge in [0.1, 0.15) is 0 Å². The molecule has 28 heavy (non-hydrogen) atoms. The maximum absolute atomic E-state index is 6.23. The van der Waals surface area contributed by atoms with E-state index in [9.17, 15) is 0 Å². The monoisotopic (exact) mass is 384 g/mol. The molecular formula is C21H32N6O. The first kappa shape index (κ1) is 19.3. The van der Waals surface area contributed by atoms with Crippen molar-refractivity contribution in [2.75, 3.05) is 18.0 Å². The lowest BCUT2D eigenvalue weighted by Crippen LogP contribution is -2.54. The molecule has 152 valence electrons. The molecule has 2 aromatic rings. The summed E-state index contributed by atoms with van der Waals surface area (Å²) in [6.45, 7) is 10.7. The summed E-state index contributed by atoms with van der Waals surface area (Å²) in [5, 5.41) is 8.13. The lowest BCUT2D eigenvalue weighted by atomic mass is 9.85. The SMILES string of the molecule is Cn1cc(-c2ccnc(N3CCC(NC4CC(C)(C)OC(C)(C)C4)C3)n2)cn1. The molecule has 0 radical (unpaired) electrons. The number of hydrogen-bond donors (Lipinski definition) is 1. The molecule has 2 aliphatic heterocycles. The highest BCUT2D eigenvalue weighted by atomic mass is 16.5. The molecule has 0 bridgehead atoms. The third kappa shape index (κ3) is 4.36. The molecule has 4 rings (SSSR count). The Balaban J connectivity index is 1.41. The van der Waals surface area contributed by atoms with Gasteiger partial charge < -0.3 is 15.0 Å². The van der Waals surface area contributed by atoms with Crippen LogP contribution in [0.15, 0.2) is 24.7 Å². The van der Waals surface area contributed by atoms with E-state index in [-0.39, 0.29) is 11.2 Å². The summed E-state index contributed by atoms with van der Waals surface area (Å²) < 4.78 is 8.02. The maximum Gasteiger partial charge on any atom is 0.225 e. The van der Waals surface area contributed by atoms with Crippen molar-refractivity contribution in [3.8, 4) is 11.3 Å². The van der Waals surface area contributed by atoms with Crippen LogP contribution in [0.2, 0.25) is 0 Å². The van der Waals surface area contributed by atoms with Crippen molar-refractivity contribution >= 4 is 5.95 Å². The van der Waals surface area contributed by atoms with E-state index in [2.05, 4.69) is 48.0 Å². The summed E-state index contributed by atoms with van der Waals surface area (Å²) in [6.07, 6.45) is 8.86. The molecule has 0 amide bonds. The maximum atomic E-state index is 6.23. The van der Waals surface area contributed by atoms with Crippen LogP contribution < -0.4 is 10.2 Å². The number of aromatic nitrogens is 4. The van der Waals surface area contributed by atoms with E-state index in [0.717, 1.165) is 49.6 Å². The van der Waals surface area contributed by atoms with Crippen molar-refractivity contribution < 1.29 is 4.74 Å². The third-order valence-electron chi connectivity index (χ3n) is 5.61. The minimum absolute atomic E-state index is 0.0845. The molecule has 2 aromatic heterocycles. The average molecular weight is 385 g/mol. The van der Waals surface area contributed by atoms with Crippen LogP contribution in [-0.4, -0.2) is 56.1 Å². The zero-order valence-electron chi connectivity index (χ0n) is 17.6. The van der Waals surface area contributed by atoms with Gasteiger partial charge in [0.05, 0.1) is 23.1 Å². The molecule has 1 unspecified atom stereocenters. The van der Waals surface area contributed by atoms with Gasteiger partial charge in [-0.1, -0.05) is 0 Å². The van der Waals surface area contributed by atoms with Crippen molar-refractivity contribution in [1.29, 1.82) is 0 Å². The topological polar surface area (TPSA) is 68.1 Å². The van der Waals surface area contributed by atoms with Gasteiger partial charge >= 0.3 is 0 Å². The van der Waals surface area contributed by atoms with E-state index < -0.39 is 0 Å². The number of anilines is 1. The molecule has 2 aliphatic rings. The first-order valence-corrected chi connectivity index (χ1v) is 10.2. The predicted molar refractivity (Wildman–Crippen MR) is 110 cm³/mol. The van der Waals surface area contributed by atoms with Crippen LogP contribution in [-0.2, 0) is 11.8 Å². The van der Waals surface area contributed by atoms with Gasteiger partial charge in [-0.2, -0.15) is 5.10 Å². The van der Waals surface area contributed by atoms with Gasteiger partial charge in [0.25, 0.3) is 0 Å². The minimum Gasteiger partial charge on any atom is -0.370 e. The number of ether oxygens (including phenoxy) is 1. The Morgan fingerprint density at radius 2 is 1.89 bits per heavy atom. The van der Waals surface area contributed by atoms with E-state index in [1.54, 1.807) is 4.68 Å². The summed E-state index contributed by atoms with van der Waals surface area (Å²) in [4.78, 5) is 11.6. The predicted octanol–water partition coefficient (Wildman–Crippen LogP) is 2.78. The van der Waals surface area contributed by atoms with Gasteiger partial charge in [-0.05, 0) is 53.0 Å². The number of aryl methyl sites for hydroxylation is 1. The van der Waals surface area contributed by atoms with E-state index in [1.807, 2.05) is 31.7 Å². The number of hydrogen-bond acceptors (Lipinski definition) is 6. The van der Waals surface area contributed by atoms with E-state index >= 15 is 0 Å². The lowest BCUT2D eigenvalue weighted by Gasteiger charge is -2.46. The Morgan fingerprint density at radius 3 is 2.57 bits per heavy atom. The van der Waals surface area contributed by atoms with Crippen LogP contribution in [0.1, 0.15) is 47.0 Å². The quantitative estimate of drug-likeness (QED) is 0.874. The third-order valence-corrected chi connectivity index (χ3v) is 5.61. The van der Waals surface area contributed by atoms with Crippen LogP contribution in [0.25, 0.3) is 11.3 Å². The fourth-order valence-electron chi connectivity index (χ4n) is 4.83. The Bertz CT molecular complexity index is 814. The summed E-state index contributed by atoms with van der Waals surface area (Å²) in [5.41, 5.74) is 1.77. The normalized spacial score (nSPS) is 24.6. The number of nitrogens with one attached hydrogen (secondary N) is 1. The molecule has 0 aliphatic carbocycles. The smallest absolute Gasteiger partial charge is 0.225 e. The first-order valence-electron chi connectivity index (χ1n) is 10.2. The van der Waals surface area contributed by atoms with Gasteiger partial charge in [-0.25, -0.2) is 9.97 Å². The Labute approximate surface area is 167 Å². The van der Waals surface area contributed by atoms with Gasteiger partial charge in [0.15, 0.2) is 0 Å². The van der Waals surface area contributed by atoms with Crippen molar-refractivity contribution in [2.45, 2.75) is 70.2 Å². The van der Waals surface area contributed by atoms with Crippen molar-refractivity contribution in [3.05, 3.63) is 24.7 Å². The average Bonchev–Trinajstić information content (AvgIpc) is 3.21. The molecule has 0 spiro atoms.